The number of fused-ring (bicyclic) bond motifs is 1. The maximum Gasteiger partial charge on any atom is 0.309 e. The third-order valence-electron chi connectivity index (χ3n) is 3.70. The number of esters is 1. The third kappa shape index (κ3) is 2.82. The van der Waals surface area contributed by atoms with E-state index in [0.717, 1.165) is 17.7 Å². The van der Waals surface area contributed by atoms with Crippen LogP contribution in [-0.4, -0.2) is 17.6 Å². The van der Waals surface area contributed by atoms with Crippen LogP contribution in [0.15, 0.2) is 60.8 Å². The predicted octanol–water partition coefficient (Wildman–Crippen LogP) is 3.41. The van der Waals surface area contributed by atoms with Crippen molar-refractivity contribution in [3.05, 3.63) is 71.9 Å². The number of methoxy groups -OCH3 is 1. The normalized spacial score (nSPS) is 10.7. The number of aromatic nitrogens is 1. The van der Waals surface area contributed by atoms with Crippen LogP contribution >= 0.6 is 0 Å². The zero-order valence-electron chi connectivity index (χ0n) is 12.0. The molecule has 0 aliphatic carbocycles. The van der Waals surface area contributed by atoms with E-state index >= 15 is 0 Å². The predicted molar refractivity (Wildman–Crippen MR) is 83.2 cm³/mol. The quantitative estimate of drug-likeness (QED) is 0.685. The number of hydrogen-bond acceptors (Lipinski definition) is 2. The van der Waals surface area contributed by atoms with Gasteiger partial charge in [0, 0.05) is 18.3 Å². The molecule has 0 spiro atoms. The molecule has 3 rings (SSSR count). The van der Waals surface area contributed by atoms with E-state index in [4.69, 9.17) is 4.74 Å². The molecule has 0 fully saturated rings. The standard InChI is InChI=1S/C18H17NO2/c1-21-18(20)12-15-7-2-3-8-16(15)13-19-11-10-14-6-4-5-9-17(14)19/h2-11H,12-13H2,1H3. The second kappa shape index (κ2) is 5.83. The number of nitrogens with zero attached hydrogens (tertiary/aromatic N) is 1. The van der Waals surface area contributed by atoms with Gasteiger partial charge in [-0.25, -0.2) is 0 Å². The highest BCUT2D eigenvalue weighted by Crippen LogP contribution is 2.19. The van der Waals surface area contributed by atoms with Crippen molar-refractivity contribution in [2.24, 2.45) is 0 Å². The molecule has 1 aromatic heterocycles. The average molecular weight is 279 g/mol. The minimum Gasteiger partial charge on any atom is -0.469 e. The molecule has 0 unspecified atom stereocenters. The Bertz CT molecular complexity index is 773. The van der Waals surface area contributed by atoms with E-state index in [1.54, 1.807) is 0 Å². The summed E-state index contributed by atoms with van der Waals surface area (Å²) < 4.78 is 6.97. The minimum absolute atomic E-state index is 0.209. The molecule has 0 atom stereocenters. The summed E-state index contributed by atoms with van der Waals surface area (Å²) in [6, 6.07) is 18.4. The second-order valence-corrected chi connectivity index (χ2v) is 5.02. The first-order chi connectivity index (χ1) is 10.3. The van der Waals surface area contributed by atoms with E-state index < -0.39 is 0 Å². The van der Waals surface area contributed by atoms with Crippen molar-refractivity contribution in [2.75, 3.05) is 7.11 Å². The highest BCUT2D eigenvalue weighted by Gasteiger charge is 2.09. The van der Waals surface area contributed by atoms with E-state index in [-0.39, 0.29) is 5.97 Å². The summed E-state index contributed by atoms with van der Waals surface area (Å²) in [4.78, 5) is 11.5. The van der Waals surface area contributed by atoms with Crippen LogP contribution in [0.4, 0.5) is 0 Å². The SMILES string of the molecule is COC(=O)Cc1ccccc1Cn1ccc2ccccc21. The first-order valence-corrected chi connectivity index (χ1v) is 6.95. The number of para-hydroxylation sites is 1. The minimum atomic E-state index is -0.209. The molecule has 1 heterocycles. The first-order valence-electron chi connectivity index (χ1n) is 6.95. The van der Waals surface area contributed by atoms with Crippen molar-refractivity contribution in [3.8, 4) is 0 Å². The van der Waals surface area contributed by atoms with Crippen LogP contribution in [0.3, 0.4) is 0 Å². The van der Waals surface area contributed by atoms with Gasteiger partial charge in [0.05, 0.1) is 13.5 Å². The van der Waals surface area contributed by atoms with Gasteiger partial charge in [0.25, 0.3) is 0 Å². The summed E-state index contributed by atoms with van der Waals surface area (Å²) >= 11 is 0. The van der Waals surface area contributed by atoms with Gasteiger partial charge in [-0.15, -0.1) is 0 Å². The highest BCUT2D eigenvalue weighted by atomic mass is 16.5. The number of carbonyl (C=O) groups is 1. The molecule has 21 heavy (non-hydrogen) atoms. The number of rotatable bonds is 4. The van der Waals surface area contributed by atoms with Crippen molar-refractivity contribution in [2.45, 2.75) is 13.0 Å². The summed E-state index contributed by atoms with van der Waals surface area (Å²) in [7, 11) is 1.42. The van der Waals surface area contributed by atoms with Crippen molar-refractivity contribution in [1.29, 1.82) is 0 Å². The van der Waals surface area contributed by atoms with Crippen molar-refractivity contribution in [3.63, 3.8) is 0 Å². The fourth-order valence-corrected chi connectivity index (χ4v) is 2.57. The van der Waals surface area contributed by atoms with E-state index in [1.165, 1.54) is 18.0 Å². The number of carbonyl (C=O) groups excluding carboxylic acids is 1. The smallest absolute Gasteiger partial charge is 0.309 e. The van der Waals surface area contributed by atoms with E-state index in [2.05, 4.69) is 35.0 Å². The lowest BCUT2D eigenvalue weighted by Crippen LogP contribution is -2.08. The average Bonchev–Trinajstić information content (AvgIpc) is 2.92. The molecule has 2 aromatic carbocycles. The molecule has 3 heteroatoms. The molecule has 0 radical (unpaired) electrons. The van der Waals surface area contributed by atoms with Gasteiger partial charge in [-0.3, -0.25) is 4.79 Å². The Balaban J connectivity index is 1.93. The number of ether oxygens (including phenoxy) is 1. The Morgan fingerprint density at radius 2 is 1.71 bits per heavy atom. The fourth-order valence-electron chi connectivity index (χ4n) is 2.57. The van der Waals surface area contributed by atoms with Gasteiger partial charge in [0.2, 0.25) is 0 Å². The van der Waals surface area contributed by atoms with Crippen LogP contribution in [0.1, 0.15) is 11.1 Å². The van der Waals surface area contributed by atoms with Crippen LogP contribution in [0.2, 0.25) is 0 Å². The molecule has 0 N–H and O–H groups in total. The molecule has 0 bridgehead atoms. The van der Waals surface area contributed by atoms with Crippen LogP contribution in [-0.2, 0) is 22.5 Å². The maximum absolute atomic E-state index is 11.5. The van der Waals surface area contributed by atoms with Crippen LogP contribution in [0.25, 0.3) is 10.9 Å². The molecule has 106 valence electrons. The molecule has 0 aliphatic rings. The molecule has 3 aromatic rings. The Labute approximate surface area is 123 Å². The zero-order chi connectivity index (χ0) is 14.7. The molecule has 0 amide bonds. The molecule has 3 nitrogen and oxygen atoms in total. The lowest BCUT2D eigenvalue weighted by Gasteiger charge is -2.10. The third-order valence-corrected chi connectivity index (χ3v) is 3.70. The molecular formula is C18H17NO2. The number of hydrogen-bond donors (Lipinski definition) is 0. The molecule has 0 saturated heterocycles. The maximum atomic E-state index is 11.5. The van der Waals surface area contributed by atoms with Gasteiger partial charge in [0.15, 0.2) is 0 Å². The lowest BCUT2D eigenvalue weighted by atomic mass is 10.0. The van der Waals surface area contributed by atoms with Crippen LogP contribution < -0.4 is 0 Å². The Kier molecular flexibility index (Phi) is 3.73. The van der Waals surface area contributed by atoms with Gasteiger partial charge < -0.3 is 9.30 Å². The molecule has 0 saturated carbocycles. The van der Waals surface area contributed by atoms with E-state index in [1.807, 2.05) is 30.3 Å². The topological polar surface area (TPSA) is 31.2 Å². The summed E-state index contributed by atoms with van der Waals surface area (Å²) in [6.45, 7) is 0.751. The summed E-state index contributed by atoms with van der Waals surface area (Å²) in [5.74, 6) is -0.209. The van der Waals surface area contributed by atoms with Gasteiger partial charge in [-0.1, -0.05) is 42.5 Å². The largest absolute Gasteiger partial charge is 0.469 e. The Hall–Kier alpha value is -2.55. The van der Waals surface area contributed by atoms with Crippen LogP contribution in [0, 0.1) is 0 Å². The fraction of sp³-hybridized carbons (Fsp3) is 0.167. The van der Waals surface area contributed by atoms with Gasteiger partial charge in [0.1, 0.15) is 0 Å². The number of benzene rings is 2. The van der Waals surface area contributed by atoms with Crippen LogP contribution in [0.5, 0.6) is 0 Å². The van der Waals surface area contributed by atoms with Crippen molar-refractivity contribution in [1.82, 2.24) is 4.57 Å². The summed E-state index contributed by atoms with van der Waals surface area (Å²) in [5, 5.41) is 1.22. The Morgan fingerprint density at radius 1 is 1.00 bits per heavy atom. The van der Waals surface area contributed by atoms with Crippen molar-refractivity contribution < 1.29 is 9.53 Å². The van der Waals surface area contributed by atoms with Gasteiger partial charge in [-0.2, -0.15) is 0 Å². The summed E-state index contributed by atoms with van der Waals surface area (Å²) in [5.41, 5.74) is 3.36. The molecule has 0 aliphatic heterocycles. The summed E-state index contributed by atoms with van der Waals surface area (Å²) in [6.07, 6.45) is 2.39. The van der Waals surface area contributed by atoms with Crippen molar-refractivity contribution >= 4 is 16.9 Å². The Morgan fingerprint density at radius 3 is 2.52 bits per heavy atom. The van der Waals surface area contributed by atoms with E-state index in [0.29, 0.717) is 6.42 Å². The first kappa shape index (κ1) is 13.4. The monoisotopic (exact) mass is 279 g/mol. The lowest BCUT2D eigenvalue weighted by molar-refractivity contribution is -0.139. The zero-order valence-corrected chi connectivity index (χ0v) is 12.0. The van der Waals surface area contributed by atoms with E-state index in [9.17, 15) is 4.79 Å². The van der Waals surface area contributed by atoms with Gasteiger partial charge >= 0.3 is 5.97 Å². The second-order valence-electron chi connectivity index (χ2n) is 5.02. The van der Waals surface area contributed by atoms with Gasteiger partial charge in [-0.05, 0) is 28.6 Å². The highest BCUT2D eigenvalue weighted by molar-refractivity contribution is 5.80. The molecular weight excluding hydrogens is 262 g/mol.